The summed E-state index contributed by atoms with van der Waals surface area (Å²) < 4.78 is 5.17. The van der Waals surface area contributed by atoms with Crippen LogP contribution in [0.5, 0.6) is 11.5 Å². The van der Waals surface area contributed by atoms with Gasteiger partial charge < -0.3 is 20.5 Å². The topological polar surface area (TPSA) is 87.7 Å². The molecule has 6 nitrogen and oxygen atoms in total. The van der Waals surface area contributed by atoms with Gasteiger partial charge in [-0.05, 0) is 48.4 Å². The average Bonchev–Trinajstić information content (AvgIpc) is 2.63. The number of hydrogen-bond acceptors (Lipinski definition) is 6. The summed E-state index contributed by atoms with van der Waals surface area (Å²) in [6, 6.07) is 12.3. The number of benzene rings is 2. The number of aryl methyl sites for hydroxylation is 1. The SMILES string of the molecule is COc1cccc(CNc2c(Nc3ccc(O)c(C)c3)c(=O)c2=O)c1. The van der Waals surface area contributed by atoms with Crippen molar-refractivity contribution >= 4 is 17.1 Å². The number of anilines is 3. The molecule has 0 bridgehead atoms. The lowest BCUT2D eigenvalue weighted by Crippen LogP contribution is -2.36. The van der Waals surface area contributed by atoms with Crippen molar-refractivity contribution in [1.29, 1.82) is 0 Å². The lowest BCUT2D eigenvalue weighted by Gasteiger charge is -2.15. The van der Waals surface area contributed by atoms with Crippen LogP contribution in [0.15, 0.2) is 52.1 Å². The molecule has 25 heavy (non-hydrogen) atoms. The Morgan fingerprint density at radius 3 is 2.52 bits per heavy atom. The fourth-order valence-electron chi connectivity index (χ4n) is 2.53. The highest BCUT2D eigenvalue weighted by Gasteiger charge is 2.21. The third-order valence-electron chi connectivity index (χ3n) is 3.98. The molecule has 3 aromatic carbocycles. The number of phenols is 1. The molecule has 0 aliphatic rings. The van der Waals surface area contributed by atoms with E-state index in [4.69, 9.17) is 4.74 Å². The van der Waals surface area contributed by atoms with E-state index >= 15 is 0 Å². The Balaban J connectivity index is 1.77. The summed E-state index contributed by atoms with van der Waals surface area (Å²) in [6.07, 6.45) is 0. The molecule has 0 spiro atoms. The van der Waals surface area contributed by atoms with E-state index in [2.05, 4.69) is 10.6 Å². The summed E-state index contributed by atoms with van der Waals surface area (Å²) in [5.74, 6) is 0.897. The van der Waals surface area contributed by atoms with Gasteiger partial charge in [0.2, 0.25) is 0 Å². The molecule has 128 valence electrons. The van der Waals surface area contributed by atoms with E-state index < -0.39 is 10.9 Å². The lowest BCUT2D eigenvalue weighted by atomic mass is 10.1. The minimum absolute atomic E-state index is 0.173. The number of aromatic hydroxyl groups is 1. The predicted molar refractivity (Wildman–Crippen MR) is 97.8 cm³/mol. The van der Waals surface area contributed by atoms with Crippen LogP contribution in [0.2, 0.25) is 0 Å². The van der Waals surface area contributed by atoms with Gasteiger partial charge in [-0.25, -0.2) is 0 Å². The Morgan fingerprint density at radius 2 is 1.80 bits per heavy atom. The highest BCUT2D eigenvalue weighted by Crippen LogP contribution is 2.25. The second-order valence-corrected chi connectivity index (χ2v) is 5.74. The van der Waals surface area contributed by atoms with Crippen molar-refractivity contribution in [1.82, 2.24) is 0 Å². The van der Waals surface area contributed by atoms with Gasteiger partial charge in [0.15, 0.2) is 0 Å². The summed E-state index contributed by atoms with van der Waals surface area (Å²) in [7, 11) is 1.59. The number of methoxy groups -OCH3 is 1. The van der Waals surface area contributed by atoms with Crippen molar-refractivity contribution in [3.63, 3.8) is 0 Å². The molecular weight excluding hydrogens is 320 g/mol. The highest BCUT2D eigenvalue weighted by atomic mass is 16.5. The van der Waals surface area contributed by atoms with E-state index in [1.165, 1.54) is 6.07 Å². The quantitative estimate of drug-likeness (QED) is 0.473. The molecule has 0 radical (unpaired) electrons. The molecule has 0 heterocycles. The average molecular weight is 338 g/mol. The predicted octanol–water partition coefficient (Wildman–Crippen LogP) is 2.66. The van der Waals surface area contributed by atoms with Gasteiger partial charge in [0.25, 0.3) is 10.9 Å². The van der Waals surface area contributed by atoms with Gasteiger partial charge >= 0.3 is 0 Å². The summed E-state index contributed by atoms with van der Waals surface area (Å²) in [4.78, 5) is 23.7. The number of rotatable bonds is 6. The molecule has 3 N–H and O–H groups in total. The Labute approximate surface area is 144 Å². The molecular formula is C19H18N2O4. The van der Waals surface area contributed by atoms with E-state index in [9.17, 15) is 14.7 Å². The zero-order chi connectivity index (χ0) is 18.0. The van der Waals surface area contributed by atoms with Crippen LogP contribution < -0.4 is 26.2 Å². The normalized spacial score (nSPS) is 10.6. The van der Waals surface area contributed by atoms with E-state index in [0.29, 0.717) is 17.8 Å². The first-order valence-electron chi connectivity index (χ1n) is 7.76. The van der Waals surface area contributed by atoms with Crippen LogP contribution in [0.3, 0.4) is 0 Å². The van der Waals surface area contributed by atoms with E-state index in [1.54, 1.807) is 26.2 Å². The molecule has 0 aliphatic heterocycles. The maximum atomic E-state index is 11.9. The second-order valence-electron chi connectivity index (χ2n) is 5.74. The standard InChI is InChI=1S/C19H18N2O4/c1-11-8-13(6-7-15(11)22)21-17-16(18(23)19(17)24)20-10-12-4-3-5-14(9-12)25-2/h3-9,20-22H,10H2,1-2H3. The Hall–Kier alpha value is -3.28. The first-order valence-corrected chi connectivity index (χ1v) is 7.76. The number of phenolic OH excluding ortho intramolecular Hbond substituents is 1. The van der Waals surface area contributed by atoms with Crippen LogP contribution in [0.1, 0.15) is 11.1 Å². The summed E-state index contributed by atoms with van der Waals surface area (Å²) in [5, 5.41) is 15.5. The Kier molecular flexibility index (Phi) is 4.43. The van der Waals surface area contributed by atoms with Crippen LogP contribution in [0.4, 0.5) is 17.1 Å². The fourth-order valence-corrected chi connectivity index (χ4v) is 2.53. The summed E-state index contributed by atoms with van der Waals surface area (Å²) in [5.41, 5.74) is 1.64. The molecule has 0 saturated heterocycles. The van der Waals surface area contributed by atoms with Gasteiger partial charge in [0.1, 0.15) is 22.9 Å². The van der Waals surface area contributed by atoms with Gasteiger partial charge in [-0.2, -0.15) is 0 Å². The Bertz CT molecular complexity index is 988. The van der Waals surface area contributed by atoms with Crippen molar-refractivity contribution in [3.8, 4) is 11.5 Å². The molecule has 0 saturated carbocycles. The van der Waals surface area contributed by atoms with Crippen LogP contribution in [-0.4, -0.2) is 12.2 Å². The van der Waals surface area contributed by atoms with E-state index in [0.717, 1.165) is 11.3 Å². The first kappa shape index (κ1) is 16.6. The molecule has 3 rings (SSSR count). The van der Waals surface area contributed by atoms with Gasteiger partial charge in [-0.1, -0.05) is 12.1 Å². The third kappa shape index (κ3) is 3.33. The van der Waals surface area contributed by atoms with Crippen molar-refractivity contribution in [2.75, 3.05) is 17.7 Å². The molecule has 0 aliphatic carbocycles. The van der Waals surface area contributed by atoms with Crippen molar-refractivity contribution < 1.29 is 9.84 Å². The van der Waals surface area contributed by atoms with Crippen molar-refractivity contribution in [2.24, 2.45) is 0 Å². The van der Waals surface area contributed by atoms with Gasteiger partial charge in [-0.15, -0.1) is 0 Å². The molecule has 0 aromatic heterocycles. The molecule has 6 heteroatoms. The molecule has 0 amide bonds. The monoisotopic (exact) mass is 338 g/mol. The van der Waals surface area contributed by atoms with Gasteiger partial charge in [0.05, 0.1) is 7.11 Å². The fraction of sp³-hybridized carbons (Fsp3) is 0.158. The number of nitrogens with one attached hydrogen (secondary N) is 2. The number of hydrogen-bond donors (Lipinski definition) is 3. The van der Waals surface area contributed by atoms with E-state index in [-0.39, 0.29) is 17.1 Å². The lowest BCUT2D eigenvalue weighted by molar-refractivity contribution is 0.414. The van der Waals surface area contributed by atoms with Crippen LogP contribution >= 0.6 is 0 Å². The number of ether oxygens (including phenoxy) is 1. The molecule has 0 fully saturated rings. The molecule has 0 unspecified atom stereocenters. The first-order chi connectivity index (χ1) is 12.0. The largest absolute Gasteiger partial charge is 0.508 e. The van der Waals surface area contributed by atoms with Crippen molar-refractivity contribution in [2.45, 2.75) is 13.5 Å². The Morgan fingerprint density at radius 1 is 1.04 bits per heavy atom. The third-order valence-corrected chi connectivity index (χ3v) is 3.98. The highest BCUT2D eigenvalue weighted by molar-refractivity contribution is 5.79. The van der Waals surface area contributed by atoms with Crippen LogP contribution in [0.25, 0.3) is 0 Å². The van der Waals surface area contributed by atoms with Gasteiger partial charge in [-0.3, -0.25) is 9.59 Å². The maximum absolute atomic E-state index is 11.9. The minimum Gasteiger partial charge on any atom is -0.508 e. The second kappa shape index (κ2) is 6.68. The van der Waals surface area contributed by atoms with E-state index in [1.807, 2.05) is 24.3 Å². The van der Waals surface area contributed by atoms with Crippen molar-refractivity contribution in [3.05, 3.63) is 74.0 Å². The summed E-state index contributed by atoms with van der Waals surface area (Å²) >= 11 is 0. The van der Waals surface area contributed by atoms with Crippen LogP contribution in [0, 0.1) is 6.92 Å². The van der Waals surface area contributed by atoms with Crippen LogP contribution in [-0.2, 0) is 6.54 Å². The molecule has 3 aromatic rings. The minimum atomic E-state index is -0.557. The maximum Gasteiger partial charge on any atom is 0.253 e. The zero-order valence-electron chi connectivity index (χ0n) is 13.9. The van der Waals surface area contributed by atoms with Gasteiger partial charge in [0, 0.05) is 12.2 Å². The molecule has 0 atom stereocenters. The summed E-state index contributed by atoms with van der Waals surface area (Å²) in [6.45, 7) is 2.15. The zero-order valence-corrected chi connectivity index (χ0v) is 13.9. The smallest absolute Gasteiger partial charge is 0.253 e.